The van der Waals surface area contributed by atoms with Gasteiger partial charge in [0.1, 0.15) is 0 Å². The fraction of sp³-hybridized carbons (Fsp3) is 0.692. The first-order valence-electron chi connectivity index (χ1n) is 6.72. The summed E-state index contributed by atoms with van der Waals surface area (Å²) in [6.07, 6.45) is 3.98. The maximum Gasteiger partial charge on any atom is 0.357 e. The van der Waals surface area contributed by atoms with Gasteiger partial charge in [-0.25, -0.2) is 9.78 Å². The number of nitrogens with zero attached hydrogens (tertiary/aromatic N) is 2. The van der Waals surface area contributed by atoms with Gasteiger partial charge in [0.2, 0.25) is 0 Å². The molecule has 0 radical (unpaired) electrons. The van der Waals surface area contributed by atoms with Crippen molar-refractivity contribution in [1.82, 2.24) is 9.88 Å². The second-order valence-electron chi connectivity index (χ2n) is 4.74. The van der Waals surface area contributed by atoms with Crippen LogP contribution in [0.1, 0.15) is 34.6 Å². The van der Waals surface area contributed by atoms with Gasteiger partial charge >= 0.3 is 5.97 Å². The summed E-state index contributed by atoms with van der Waals surface area (Å²) in [5.41, 5.74) is 0.424. The third-order valence-corrected chi connectivity index (χ3v) is 4.26. The van der Waals surface area contributed by atoms with Crippen LogP contribution in [0, 0.1) is 6.92 Å². The number of piperidine rings is 1. The van der Waals surface area contributed by atoms with Crippen LogP contribution < -0.4 is 5.32 Å². The van der Waals surface area contributed by atoms with E-state index in [-0.39, 0.29) is 5.97 Å². The molecular formula is C13H21N3O2S. The summed E-state index contributed by atoms with van der Waals surface area (Å²) < 4.78 is 4.70. The van der Waals surface area contributed by atoms with Gasteiger partial charge in [0.05, 0.1) is 7.11 Å². The van der Waals surface area contributed by atoms with E-state index in [0.29, 0.717) is 5.69 Å². The summed E-state index contributed by atoms with van der Waals surface area (Å²) >= 11 is 1.50. The predicted molar refractivity (Wildman–Crippen MR) is 77.0 cm³/mol. The SMILES string of the molecule is COC(=O)c1nc(NCCN2CCCCC2)sc1C. The zero-order valence-corrected chi connectivity index (χ0v) is 12.4. The van der Waals surface area contributed by atoms with E-state index in [1.165, 1.54) is 50.8 Å². The second-order valence-corrected chi connectivity index (χ2v) is 5.95. The quantitative estimate of drug-likeness (QED) is 0.839. The Morgan fingerprint density at radius 2 is 2.16 bits per heavy atom. The number of carbonyl (C=O) groups excluding carboxylic acids is 1. The van der Waals surface area contributed by atoms with Crippen molar-refractivity contribution in [3.63, 3.8) is 0 Å². The Morgan fingerprint density at radius 1 is 1.42 bits per heavy atom. The van der Waals surface area contributed by atoms with Crippen LogP contribution in [0.15, 0.2) is 0 Å². The second kappa shape index (κ2) is 6.86. The number of methoxy groups -OCH3 is 1. The zero-order valence-electron chi connectivity index (χ0n) is 11.6. The molecule has 1 aliphatic heterocycles. The largest absolute Gasteiger partial charge is 0.464 e. The lowest BCUT2D eigenvalue weighted by Gasteiger charge is -2.26. The predicted octanol–water partition coefficient (Wildman–Crippen LogP) is 2.14. The number of anilines is 1. The number of likely N-dealkylation sites (tertiary alicyclic amines) is 1. The molecule has 2 heterocycles. The molecule has 0 unspecified atom stereocenters. The van der Waals surface area contributed by atoms with Crippen LogP contribution in [-0.2, 0) is 4.74 Å². The number of esters is 1. The summed E-state index contributed by atoms with van der Waals surface area (Å²) in [4.78, 5) is 19.1. The summed E-state index contributed by atoms with van der Waals surface area (Å²) in [5.74, 6) is -0.363. The van der Waals surface area contributed by atoms with E-state index in [1.807, 2.05) is 6.92 Å². The van der Waals surface area contributed by atoms with Crippen molar-refractivity contribution < 1.29 is 9.53 Å². The number of nitrogens with one attached hydrogen (secondary N) is 1. The zero-order chi connectivity index (χ0) is 13.7. The van der Waals surface area contributed by atoms with E-state index >= 15 is 0 Å². The van der Waals surface area contributed by atoms with E-state index in [4.69, 9.17) is 4.74 Å². The average molecular weight is 283 g/mol. The van der Waals surface area contributed by atoms with Gasteiger partial charge in [0.25, 0.3) is 0 Å². The van der Waals surface area contributed by atoms with Gasteiger partial charge in [0.15, 0.2) is 10.8 Å². The van der Waals surface area contributed by atoms with E-state index in [2.05, 4.69) is 15.2 Å². The summed E-state index contributed by atoms with van der Waals surface area (Å²) in [6.45, 7) is 6.19. The van der Waals surface area contributed by atoms with Crippen LogP contribution in [0.3, 0.4) is 0 Å². The highest BCUT2D eigenvalue weighted by molar-refractivity contribution is 7.15. The lowest BCUT2D eigenvalue weighted by Crippen LogP contribution is -2.33. The molecule has 0 saturated carbocycles. The Bertz CT molecular complexity index is 428. The van der Waals surface area contributed by atoms with Crippen molar-refractivity contribution in [3.05, 3.63) is 10.6 Å². The van der Waals surface area contributed by atoms with E-state index < -0.39 is 0 Å². The van der Waals surface area contributed by atoms with E-state index in [9.17, 15) is 4.79 Å². The monoisotopic (exact) mass is 283 g/mol. The molecule has 1 aliphatic rings. The van der Waals surface area contributed by atoms with Crippen molar-refractivity contribution in [2.75, 3.05) is 38.6 Å². The van der Waals surface area contributed by atoms with Crippen LogP contribution in [0.25, 0.3) is 0 Å². The lowest BCUT2D eigenvalue weighted by atomic mass is 10.1. The number of thiazole rings is 1. The van der Waals surface area contributed by atoms with Gasteiger partial charge in [-0.3, -0.25) is 0 Å². The molecule has 0 spiro atoms. The molecule has 0 amide bonds. The smallest absolute Gasteiger partial charge is 0.357 e. The normalized spacial score (nSPS) is 16.3. The summed E-state index contributed by atoms with van der Waals surface area (Å²) in [7, 11) is 1.38. The van der Waals surface area contributed by atoms with Gasteiger partial charge < -0.3 is 15.0 Å². The van der Waals surface area contributed by atoms with Crippen LogP contribution in [0.4, 0.5) is 5.13 Å². The van der Waals surface area contributed by atoms with E-state index in [0.717, 1.165) is 23.1 Å². The van der Waals surface area contributed by atoms with Gasteiger partial charge in [-0.15, -0.1) is 11.3 Å². The van der Waals surface area contributed by atoms with Crippen LogP contribution in [0.5, 0.6) is 0 Å². The van der Waals surface area contributed by atoms with Crippen LogP contribution in [0.2, 0.25) is 0 Å². The van der Waals surface area contributed by atoms with E-state index in [1.54, 1.807) is 0 Å². The number of aromatic nitrogens is 1. The number of hydrogen-bond acceptors (Lipinski definition) is 6. The molecular weight excluding hydrogens is 262 g/mol. The molecule has 19 heavy (non-hydrogen) atoms. The fourth-order valence-electron chi connectivity index (χ4n) is 2.26. The van der Waals surface area contributed by atoms with Gasteiger partial charge in [-0.05, 0) is 32.9 Å². The van der Waals surface area contributed by atoms with Gasteiger partial charge in [-0.1, -0.05) is 6.42 Å². The average Bonchev–Trinajstić information content (AvgIpc) is 2.80. The minimum Gasteiger partial charge on any atom is -0.464 e. The minimum absolute atomic E-state index is 0.363. The highest BCUT2D eigenvalue weighted by Gasteiger charge is 2.15. The molecule has 5 nitrogen and oxygen atoms in total. The number of carbonyl (C=O) groups is 1. The van der Waals surface area contributed by atoms with Crippen LogP contribution >= 0.6 is 11.3 Å². The molecule has 2 rings (SSSR count). The molecule has 6 heteroatoms. The maximum atomic E-state index is 11.5. The van der Waals surface area contributed by atoms with Crippen LogP contribution in [-0.4, -0.2) is 49.1 Å². The Hall–Kier alpha value is -1.14. The van der Waals surface area contributed by atoms with Crippen molar-refractivity contribution in [2.45, 2.75) is 26.2 Å². The number of aryl methyl sites for hydroxylation is 1. The molecule has 1 N–H and O–H groups in total. The number of hydrogen-bond donors (Lipinski definition) is 1. The molecule has 0 aromatic carbocycles. The Morgan fingerprint density at radius 3 is 2.84 bits per heavy atom. The first kappa shape index (κ1) is 14.3. The molecule has 1 fully saturated rings. The van der Waals surface area contributed by atoms with Crippen molar-refractivity contribution in [1.29, 1.82) is 0 Å². The topological polar surface area (TPSA) is 54.5 Å². The summed E-state index contributed by atoms with van der Waals surface area (Å²) in [6, 6.07) is 0. The maximum absolute atomic E-state index is 11.5. The molecule has 1 aromatic heterocycles. The minimum atomic E-state index is -0.363. The van der Waals surface area contributed by atoms with Crippen molar-refractivity contribution in [3.8, 4) is 0 Å². The summed E-state index contributed by atoms with van der Waals surface area (Å²) in [5, 5.41) is 4.09. The van der Waals surface area contributed by atoms with Crippen molar-refractivity contribution in [2.24, 2.45) is 0 Å². The Balaban J connectivity index is 1.81. The molecule has 1 saturated heterocycles. The Labute approximate surface area is 118 Å². The molecule has 0 bridgehead atoms. The Kier molecular flexibility index (Phi) is 5.15. The highest BCUT2D eigenvalue weighted by atomic mass is 32.1. The fourth-order valence-corrected chi connectivity index (χ4v) is 3.09. The van der Waals surface area contributed by atoms with Gasteiger partial charge in [-0.2, -0.15) is 0 Å². The van der Waals surface area contributed by atoms with Gasteiger partial charge in [0, 0.05) is 18.0 Å². The van der Waals surface area contributed by atoms with Crippen molar-refractivity contribution >= 4 is 22.4 Å². The third kappa shape index (κ3) is 3.91. The number of ether oxygens (including phenoxy) is 1. The lowest BCUT2D eigenvalue weighted by molar-refractivity contribution is 0.0594. The first-order chi connectivity index (χ1) is 9.20. The number of rotatable bonds is 5. The standard InChI is InChI=1S/C13H21N3O2S/c1-10-11(12(17)18-2)15-13(19-10)14-6-9-16-7-4-3-5-8-16/h3-9H2,1-2H3,(H,14,15). The highest BCUT2D eigenvalue weighted by Crippen LogP contribution is 2.22. The molecule has 0 aliphatic carbocycles. The molecule has 106 valence electrons. The first-order valence-corrected chi connectivity index (χ1v) is 7.54. The third-order valence-electron chi connectivity index (χ3n) is 3.33. The molecule has 1 aromatic rings. The molecule has 0 atom stereocenters.